The van der Waals surface area contributed by atoms with Crippen molar-refractivity contribution in [3.05, 3.63) is 30.1 Å². The monoisotopic (exact) mass is 273 g/mol. The van der Waals surface area contributed by atoms with E-state index in [-0.39, 0.29) is 0 Å². The van der Waals surface area contributed by atoms with Gasteiger partial charge < -0.3 is 5.32 Å². The van der Waals surface area contributed by atoms with Crippen LogP contribution >= 0.6 is 0 Å². The van der Waals surface area contributed by atoms with Crippen LogP contribution in [0.5, 0.6) is 0 Å². The van der Waals surface area contributed by atoms with Crippen molar-refractivity contribution in [3.63, 3.8) is 0 Å². The van der Waals surface area contributed by atoms with Crippen LogP contribution in [0, 0.1) is 0 Å². The summed E-state index contributed by atoms with van der Waals surface area (Å²) < 4.78 is 2.06. The number of rotatable bonds is 7. The smallest absolute Gasteiger partial charge is 0.143 e. The van der Waals surface area contributed by atoms with E-state index in [1.807, 2.05) is 18.5 Å². The maximum atomic E-state index is 4.62. The van der Waals surface area contributed by atoms with E-state index in [0.717, 1.165) is 55.5 Å². The van der Waals surface area contributed by atoms with Crippen molar-refractivity contribution in [1.82, 2.24) is 19.5 Å². The molecule has 5 nitrogen and oxygen atoms in total. The van der Waals surface area contributed by atoms with Gasteiger partial charge in [0.05, 0.1) is 0 Å². The lowest BCUT2D eigenvalue weighted by molar-refractivity contribution is 0.786. The van der Waals surface area contributed by atoms with Crippen LogP contribution < -0.4 is 5.32 Å². The minimum atomic E-state index is 0.826. The molecular weight excluding hydrogens is 250 g/mol. The van der Waals surface area contributed by atoms with Crippen LogP contribution in [0.25, 0.3) is 5.82 Å². The summed E-state index contributed by atoms with van der Waals surface area (Å²) in [5.74, 6) is 3.70. The minimum absolute atomic E-state index is 0.826. The standard InChI is InChI=1S/C15H23N5/c1-4-7-14-17-9-10-20(14)15-11-13(16-8-5-2)18-12(6-3)19-15/h9-11H,4-8H2,1-3H3,(H,16,18,19). The Labute approximate surface area is 120 Å². The molecule has 0 unspecified atom stereocenters. The van der Waals surface area contributed by atoms with E-state index in [1.165, 1.54) is 0 Å². The summed E-state index contributed by atoms with van der Waals surface area (Å²) in [4.78, 5) is 13.5. The topological polar surface area (TPSA) is 55.6 Å². The van der Waals surface area contributed by atoms with Gasteiger partial charge in [-0.05, 0) is 12.8 Å². The van der Waals surface area contributed by atoms with Gasteiger partial charge in [0.2, 0.25) is 0 Å². The first kappa shape index (κ1) is 14.5. The van der Waals surface area contributed by atoms with E-state index in [0.29, 0.717) is 0 Å². The first-order chi connectivity index (χ1) is 9.78. The third kappa shape index (κ3) is 3.35. The van der Waals surface area contributed by atoms with Crippen molar-refractivity contribution in [2.75, 3.05) is 11.9 Å². The number of nitrogens with zero attached hydrogens (tertiary/aromatic N) is 4. The molecule has 0 amide bonds. The Bertz CT molecular complexity index is 547. The lowest BCUT2D eigenvalue weighted by Gasteiger charge is -2.11. The zero-order valence-corrected chi connectivity index (χ0v) is 12.6. The highest BCUT2D eigenvalue weighted by Gasteiger charge is 2.09. The second kappa shape index (κ2) is 7.03. The van der Waals surface area contributed by atoms with Crippen molar-refractivity contribution >= 4 is 5.82 Å². The molecule has 2 rings (SSSR count). The van der Waals surface area contributed by atoms with E-state index >= 15 is 0 Å². The number of hydrogen-bond donors (Lipinski definition) is 1. The van der Waals surface area contributed by atoms with Gasteiger partial charge in [0.15, 0.2) is 0 Å². The Morgan fingerprint density at radius 2 is 2.00 bits per heavy atom. The molecule has 0 atom stereocenters. The Balaban J connectivity index is 2.36. The highest BCUT2D eigenvalue weighted by atomic mass is 15.1. The molecular formula is C15H23N5. The third-order valence-corrected chi connectivity index (χ3v) is 3.07. The molecule has 5 heteroatoms. The summed E-state index contributed by atoms with van der Waals surface area (Å²) in [5, 5.41) is 3.34. The van der Waals surface area contributed by atoms with Crippen molar-refractivity contribution in [2.45, 2.75) is 46.5 Å². The van der Waals surface area contributed by atoms with Crippen LogP contribution in [-0.4, -0.2) is 26.1 Å². The molecule has 0 bridgehead atoms. The van der Waals surface area contributed by atoms with Crippen molar-refractivity contribution in [2.24, 2.45) is 0 Å². The zero-order valence-electron chi connectivity index (χ0n) is 12.6. The Hall–Kier alpha value is -1.91. The van der Waals surface area contributed by atoms with Crippen molar-refractivity contribution in [3.8, 4) is 5.82 Å². The molecule has 108 valence electrons. The highest BCUT2D eigenvalue weighted by Crippen LogP contribution is 2.14. The van der Waals surface area contributed by atoms with Gasteiger partial charge in [0.1, 0.15) is 23.3 Å². The molecule has 1 N–H and O–H groups in total. The molecule has 0 fully saturated rings. The molecule has 0 aliphatic heterocycles. The quantitative estimate of drug-likeness (QED) is 0.842. The number of aromatic nitrogens is 4. The van der Waals surface area contributed by atoms with E-state index in [9.17, 15) is 0 Å². The van der Waals surface area contributed by atoms with E-state index in [4.69, 9.17) is 0 Å². The first-order valence-corrected chi connectivity index (χ1v) is 7.42. The van der Waals surface area contributed by atoms with Gasteiger partial charge in [-0.1, -0.05) is 20.8 Å². The summed E-state index contributed by atoms with van der Waals surface area (Å²) in [6.07, 6.45) is 7.73. The van der Waals surface area contributed by atoms with Gasteiger partial charge in [-0.3, -0.25) is 4.57 Å². The van der Waals surface area contributed by atoms with Gasteiger partial charge in [-0.15, -0.1) is 0 Å². The maximum absolute atomic E-state index is 4.62. The van der Waals surface area contributed by atoms with Crippen LogP contribution in [-0.2, 0) is 12.8 Å². The fraction of sp³-hybridized carbons (Fsp3) is 0.533. The fourth-order valence-electron chi connectivity index (χ4n) is 2.06. The lowest BCUT2D eigenvalue weighted by atomic mass is 10.3. The molecule has 0 aliphatic carbocycles. The number of hydrogen-bond acceptors (Lipinski definition) is 4. The Kier molecular flexibility index (Phi) is 5.09. The van der Waals surface area contributed by atoms with E-state index < -0.39 is 0 Å². The van der Waals surface area contributed by atoms with Gasteiger partial charge in [0.25, 0.3) is 0 Å². The molecule has 0 radical (unpaired) electrons. The van der Waals surface area contributed by atoms with Crippen molar-refractivity contribution < 1.29 is 0 Å². The predicted octanol–water partition coefficient (Wildman–Crippen LogP) is 3.00. The molecule has 0 saturated heterocycles. The molecule has 2 heterocycles. The molecule has 0 saturated carbocycles. The number of imidazole rings is 1. The Morgan fingerprint density at radius 3 is 2.70 bits per heavy atom. The molecule has 2 aromatic heterocycles. The van der Waals surface area contributed by atoms with Gasteiger partial charge >= 0.3 is 0 Å². The molecule has 2 aromatic rings. The molecule has 0 aliphatic rings. The van der Waals surface area contributed by atoms with Gasteiger partial charge in [0, 0.05) is 37.8 Å². The average Bonchev–Trinajstić information content (AvgIpc) is 2.93. The normalized spacial score (nSPS) is 10.8. The van der Waals surface area contributed by atoms with Gasteiger partial charge in [-0.2, -0.15) is 0 Å². The predicted molar refractivity (Wildman–Crippen MR) is 81.3 cm³/mol. The third-order valence-electron chi connectivity index (χ3n) is 3.07. The summed E-state index contributed by atoms with van der Waals surface area (Å²) in [6, 6.07) is 2.00. The van der Waals surface area contributed by atoms with E-state index in [2.05, 4.69) is 45.6 Å². The lowest BCUT2D eigenvalue weighted by Crippen LogP contribution is -2.09. The van der Waals surface area contributed by atoms with Crippen LogP contribution in [0.4, 0.5) is 5.82 Å². The van der Waals surface area contributed by atoms with Crippen LogP contribution in [0.3, 0.4) is 0 Å². The van der Waals surface area contributed by atoms with Crippen LogP contribution in [0.15, 0.2) is 18.5 Å². The first-order valence-electron chi connectivity index (χ1n) is 7.42. The highest BCUT2D eigenvalue weighted by molar-refractivity contribution is 5.42. The summed E-state index contributed by atoms with van der Waals surface area (Å²) in [5.41, 5.74) is 0. The largest absolute Gasteiger partial charge is 0.370 e. The SMILES string of the molecule is CCCNc1cc(-n2ccnc2CCC)nc(CC)n1. The fourth-order valence-corrected chi connectivity index (χ4v) is 2.06. The average molecular weight is 273 g/mol. The molecule has 20 heavy (non-hydrogen) atoms. The molecule has 0 aromatic carbocycles. The van der Waals surface area contributed by atoms with Crippen LogP contribution in [0.1, 0.15) is 45.3 Å². The minimum Gasteiger partial charge on any atom is -0.370 e. The second-order valence-electron chi connectivity index (χ2n) is 4.77. The number of anilines is 1. The maximum Gasteiger partial charge on any atom is 0.143 e. The van der Waals surface area contributed by atoms with Crippen LogP contribution in [0.2, 0.25) is 0 Å². The van der Waals surface area contributed by atoms with Gasteiger partial charge in [-0.25, -0.2) is 15.0 Å². The summed E-state index contributed by atoms with van der Waals surface area (Å²) in [6.45, 7) is 7.30. The Morgan fingerprint density at radius 1 is 1.15 bits per heavy atom. The summed E-state index contributed by atoms with van der Waals surface area (Å²) in [7, 11) is 0. The van der Waals surface area contributed by atoms with Crippen molar-refractivity contribution in [1.29, 1.82) is 0 Å². The molecule has 0 spiro atoms. The number of nitrogens with one attached hydrogen (secondary N) is 1. The van der Waals surface area contributed by atoms with E-state index in [1.54, 1.807) is 0 Å². The number of aryl methyl sites for hydroxylation is 2. The second-order valence-corrected chi connectivity index (χ2v) is 4.77. The summed E-state index contributed by atoms with van der Waals surface area (Å²) >= 11 is 0. The zero-order chi connectivity index (χ0) is 14.4.